The van der Waals surface area contributed by atoms with Crippen molar-refractivity contribution in [1.82, 2.24) is 9.47 Å². The molecule has 10 nitrogen and oxygen atoms in total. The number of carbonyl (C=O) groups excluding carboxylic acids is 1. The lowest BCUT2D eigenvalue weighted by molar-refractivity contribution is -0.992. The van der Waals surface area contributed by atoms with E-state index in [1.54, 1.807) is 16.9 Å². The lowest BCUT2D eigenvalue weighted by Crippen LogP contribution is -3.00. The lowest BCUT2D eigenvalue weighted by Gasteiger charge is -2.43. The third-order valence-electron chi connectivity index (χ3n) is 8.31. The van der Waals surface area contributed by atoms with Crippen LogP contribution in [0.1, 0.15) is 46.7 Å². The standard InChI is InChI=1S/C28H29N3O7/c1-14-13-37-25-16(3)26-21(9-20(14)25)15(2)19(28(34)38-26)4-7-24(32)29-10-17-8-18(12-29)22-5-6-23(31(35)36)27(33)30(22)11-17/h5-6,9,13,17-18,31,35H,4,7-8,10-12H2,1-3H3/t17-,18-/m0/s1. The minimum Gasteiger partial charge on any atom is -0.595 e. The molecule has 4 aromatic rings. The number of hydrogen-bond donors (Lipinski definition) is 2. The van der Waals surface area contributed by atoms with E-state index in [0.717, 1.165) is 39.6 Å². The highest BCUT2D eigenvalue weighted by molar-refractivity contribution is 5.99. The van der Waals surface area contributed by atoms with E-state index >= 15 is 0 Å². The molecular weight excluding hydrogens is 490 g/mol. The second-order valence-electron chi connectivity index (χ2n) is 10.7. The van der Waals surface area contributed by atoms with Gasteiger partial charge in [-0.25, -0.2) is 10.0 Å². The summed E-state index contributed by atoms with van der Waals surface area (Å²) in [4.78, 5) is 40.7. The summed E-state index contributed by atoms with van der Waals surface area (Å²) in [5, 5.41) is 21.3. The van der Waals surface area contributed by atoms with Gasteiger partial charge in [-0.3, -0.25) is 9.59 Å². The van der Waals surface area contributed by atoms with Crippen molar-refractivity contribution in [2.45, 2.75) is 52.5 Å². The highest BCUT2D eigenvalue weighted by atomic mass is 16.8. The lowest BCUT2D eigenvalue weighted by atomic mass is 9.83. The molecule has 2 bridgehead atoms. The number of fused-ring (bicyclic) bond motifs is 6. The molecule has 0 radical (unpaired) electrons. The fourth-order valence-electron chi connectivity index (χ4n) is 6.31. The summed E-state index contributed by atoms with van der Waals surface area (Å²) in [7, 11) is 0. The number of likely N-dealkylation sites (tertiary alicyclic amines) is 1. The number of nitrogens with one attached hydrogen (secondary N) is 1. The monoisotopic (exact) mass is 519 g/mol. The number of nitrogens with zero attached hydrogens (tertiary/aromatic N) is 2. The molecule has 1 fully saturated rings. The summed E-state index contributed by atoms with van der Waals surface area (Å²) < 4.78 is 12.9. The number of amides is 1. The van der Waals surface area contributed by atoms with Gasteiger partial charge in [-0.2, -0.15) is 5.23 Å². The Balaban J connectivity index is 1.24. The Morgan fingerprint density at radius 2 is 1.89 bits per heavy atom. The van der Waals surface area contributed by atoms with Crippen LogP contribution in [0.15, 0.2) is 42.9 Å². The number of hydrogen-bond acceptors (Lipinski definition) is 7. The number of furan rings is 1. The van der Waals surface area contributed by atoms with Gasteiger partial charge in [-0.05, 0) is 62.8 Å². The molecule has 0 aliphatic carbocycles. The van der Waals surface area contributed by atoms with Crippen molar-refractivity contribution in [1.29, 1.82) is 0 Å². The van der Waals surface area contributed by atoms with E-state index in [2.05, 4.69) is 0 Å². The van der Waals surface area contributed by atoms with Gasteiger partial charge in [0.05, 0.1) is 6.26 Å². The van der Waals surface area contributed by atoms with Crippen molar-refractivity contribution >= 4 is 33.5 Å². The quantitative estimate of drug-likeness (QED) is 0.313. The van der Waals surface area contributed by atoms with Gasteiger partial charge < -0.3 is 23.5 Å². The molecule has 3 atom stereocenters. The van der Waals surface area contributed by atoms with Crippen LogP contribution < -0.4 is 16.4 Å². The van der Waals surface area contributed by atoms with Gasteiger partial charge >= 0.3 is 11.2 Å². The predicted molar refractivity (Wildman–Crippen MR) is 139 cm³/mol. The number of rotatable bonds is 4. The topological polar surface area (TPSA) is 133 Å². The van der Waals surface area contributed by atoms with E-state index in [4.69, 9.17) is 8.83 Å². The third-order valence-corrected chi connectivity index (χ3v) is 8.31. The maximum absolute atomic E-state index is 13.3. The molecule has 6 rings (SSSR count). The van der Waals surface area contributed by atoms with E-state index in [1.807, 2.05) is 31.7 Å². The molecule has 1 saturated heterocycles. The second-order valence-corrected chi connectivity index (χ2v) is 10.7. The molecule has 10 heteroatoms. The van der Waals surface area contributed by atoms with E-state index in [1.165, 1.54) is 6.07 Å². The van der Waals surface area contributed by atoms with Gasteiger partial charge in [0.1, 0.15) is 11.2 Å². The van der Waals surface area contributed by atoms with Gasteiger partial charge in [0.25, 0.3) is 0 Å². The largest absolute Gasteiger partial charge is 0.595 e. The molecule has 2 aliphatic heterocycles. The van der Waals surface area contributed by atoms with Crippen LogP contribution in [-0.2, 0) is 17.8 Å². The van der Waals surface area contributed by atoms with Gasteiger partial charge in [-0.1, -0.05) is 0 Å². The van der Waals surface area contributed by atoms with Crippen LogP contribution in [0.2, 0.25) is 0 Å². The van der Waals surface area contributed by atoms with Crippen LogP contribution in [0.4, 0.5) is 5.69 Å². The summed E-state index contributed by atoms with van der Waals surface area (Å²) in [6.07, 6.45) is 2.99. The minimum atomic E-state index is -1.23. The normalized spacial score (nSPS) is 19.7. The van der Waals surface area contributed by atoms with E-state index in [9.17, 15) is 24.8 Å². The Morgan fingerprint density at radius 1 is 1.11 bits per heavy atom. The van der Waals surface area contributed by atoms with Crippen LogP contribution in [0.3, 0.4) is 0 Å². The molecule has 2 aliphatic rings. The first-order valence-electron chi connectivity index (χ1n) is 12.8. The first-order valence-corrected chi connectivity index (χ1v) is 12.8. The predicted octanol–water partition coefficient (Wildman–Crippen LogP) is 2.61. The first kappa shape index (κ1) is 24.6. The Hall–Kier alpha value is -3.73. The number of pyridine rings is 1. The highest BCUT2D eigenvalue weighted by Gasteiger charge is 2.37. The summed E-state index contributed by atoms with van der Waals surface area (Å²) in [6, 6.07) is 5.05. The Kier molecular flexibility index (Phi) is 5.78. The SMILES string of the molecule is Cc1coc2c(C)c3oc(=O)c(CCC(=O)N4C[C@@H]5C[C@@H](C4)c4ccc([NH+]([O-])O)c(=O)n4C5)c(C)c3cc12. The van der Waals surface area contributed by atoms with Crippen molar-refractivity contribution in [3.8, 4) is 0 Å². The molecule has 2 N–H and O–H groups in total. The number of piperidine rings is 1. The van der Waals surface area contributed by atoms with Gasteiger partial charge in [-0.15, -0.1) is 0 Å². The molecule has 0 saturated carbocycles. The van der Waals surface area contributed by atoms with Crippen molar-refractivity contribution in [2.24, 2.45) is 5.92 Å². The van der Waals surface area contributed by atoms with Crippen LogP contribution in [0.5, 0.6) is 0 Å². The van der Waals surface area contributed by atoms with E-state index in [0.29, 0.717) is 36.4 Å². The zero-order valence-electron chi connectivity index (χ0n) is 21.5. The van der Waals surface area contributed by atoms with Crippen LogP contribution in [-0.4, -0.2) is 33.7 Å². The van der Waals surface area contributed by atoms with Crippen LogP contribution >= 0.6 is 0 Å². The maximum atomic E-state index is 13.3. The molecular formula is C28H29N3O7. The number of aryl methyl sites for hydroxylation is 3. The zero-order chi connectivity index (χ0) is 26.9. The third kappa shape index (κ3) is 3.79. The average molecular weight is 520 g/mol. The molecule has 1 unspecified atom stereocenters. The number of carbonyl (C=O) groups is 1. The number of quaternary nitrogens is 1. The minimum absolute atomic E-state index is 0.0296. The maximum Gasteiger partial charge on any atom is 0.339 e. The van der Waals surface area contributed by atoms with Crippen molar-refractivity contribution in [2.75, 3.05) is 13.1 Å². The van der Waals surface area contributed by atoms with Crippen molar-refractivity contribution in [3.63, 3.8) is 0 Å². The fourth-order valence-corrected chi connectivity index (χ4v) is 6.31. The summed E-state index contributed by atoms with van der Waals surface area (Å²) in [5.41, 5.74) is 3.93. The first-order chi connectivity index (χ1) is 18.1. The molecule has 3 aromatic heterocycles. The van der Waals surface area contributed by atoms with Crippen LogP contribution in [0.25, 0.3) is 21.9 Å². The van der Waals surface area contributed by atoms with Gasteiger partial charge in [0.15, 0.2) is 0 Å². The van der Waals surface area contributed by atoms with Gasteiger partial charge in [0.2, 0.25) is 11.6 Å². The fraction of sp³-hybridized carbons (Fsp3) is 0.393. The number of benzene rings is 1. The molecule has 1 aromatic carbocycles. The number of aromatic nitrogens is 1. The van der Waals surface area contributed by atoms with Gasteiger partial charge in [0, 0.05) is 65.6 Å². The smallest absolute Gasteiger partial charge is 0.339 e. The molecule has 5 heterocycles. The Morgan fingerprint density at radius 3 is 2.66 bits per heavy atom. The highest BCUT2D eigenvalue weighted by Crippen LogP contribution is 2.36. The molecule has 0 spiro atoms. The van der Waals surface area contributed by atoms with Crippen molar-refractivity contribution < 1.29 is 24.1 Å². The summed E-state index contributed by atoms with van der Waals surface area (Å²) >= 11 is 0. The van der Waals surface area contributed by atoms with E-state index in [-0.39, 0.29) is 36.3 Å². The molecule has 1 amide bonds. The summed E-state index contributed by atoms with van der Waals surface area (Å²) in [5.74, 6) is -0.00471. The Bertz CT molecular complexity index is 1730. The molecule has 38 heavy (non-hydrogen) atoms. The molecule has 198 valence electrons. The van der Waals surface area contributed by atoms with Crippen LogP contribution in [0, 0.1) is 31.9 Å². The van der Waals surface area contributed by atoms with E-state index < -0.39 is 16.4 Å². The Labute approximate surface area is 217 Å². The van der Waals surface area contributed by atoms with Crippen molar-refractivity contribution in [3.05, 3.63) is 78.4 Å². The summed E-state index contributed by atoms with van der Waals surface area (Å²) in [6.45, 7) is 7.10. The average Bonchev–Trinajstić information content (AvgIpc) is 3.25. The zero-order valence-corrected chi connectivity index (χ0v) is 21.5. The second kappa shape index (κ2) is 8.93.